The summed E-state index contributed by atoms with van der Waals surface area (Å²) in [5.74, 6) is -0.0330. The van der Waals surface area contributed by atoms with Gasteiger partial charge in [0.25, 0.3) is 0 Å². The summed E-state index contributed by atoms with van der Waals surface area (Å²) in [5.41, 5.74) is 0. The molecule has 66 valence electrons. The third-order valence-electron chi connectivity index (χ3n) is 1.28. The number of urea groups is 1. The van der Waals surface area contributed by atoms with Gasteiger partial charge in [0.15, 0.2) is 0 Å². The topological polar surface area (TPSA) is 61.8 Å². The Hall–Kier alpha value is -1.39. The maximum absolute atomic E-state index is 10.9. The van der Waals surface area contributed by atoms with Crippen LogP contribution in [0, 0.1) is 5.92 Å². The standard InChI is InChI=1S/C7H11N3O2/c1-5(2)3-8-10-4-6(11)9-7(10)12/h3,5H,4H2,1-2H3,(H,9,11,12)/b8-3+. The molecular formula is C7H11N3O2. The molecule has 0 radical (unpaired) electrons. The fourth-order valence-electron chi connectivity index (χ4n) is 0.738. The predicted molar refractivity (Wildman–Crippen MR) is 43.6 cm³/mol. The van der Waals surface area contributed by atoms with Crippen molar-refractivity contribution in [1.82, 2.24) is 10.3 Å². The molecule has 0 saturated carbocycles. The molecule has 1 aliphatic rings. The number of hydrogen-bond donors (Lipinski definition) is 1. The van der Waals surface area contributed by atoms with Crippen molar-refractivity contribution in [3.05, 3.63) is 0 Å². The molecule has 12 heavy (non-hydrogen) atoms. The van der Waals surface area contributed by atoms with Crippen molar-refractivity contribution in [2.45, 2.75) is 13.8 Å². The van der Waals surface area contributed by atoms with E-state index in [-0.39, 0.29) is 18.4 Å². The van der Waals surface area contributed by atoms with E-state index in [2.05, 4.69) is 10.4 Å². The van der Waals surface area contributed by atoms with Crippen LogP contribution in [0.25, 0.3) is 0 Å². The smallest absolute Gasteiger partial charge is 0.275 e. The molecule has 1 N–H and O–H groups in total. The van der Waals surface area contributed by atoms with E-state index in [9.17, 15) is 9.59 Å². The molecule has 5 nitrogen and oxygen atoms in total. The largest absolute Gasteiger partial charge is 0.344 e. The van der Waals surface area contributed by atoms with E-state index in [1.165, 1.54) is 0 Å². The van der Waals surface area contributed by atoms with E-state index >= 15 is 0 Å². The number of amides is 3. The molecule has 1 saturated heterocycles. The monoisotopic (exact) mass is 169 g/mol. The molecule has 0 atom stereocenters. The molecule has 1 heterocycles. The average Bonchev–Trinajstić information content (AvgIpc) is 2.26. The number of imide groups is 1. The van der Waals surface area contributed by atoms with Gasteiger partial charge in [0, 0.05) is 6.21 Å². The molecule has 0 aromatic carbocycles. The fourth-order valence-corrected chi connectivity index (χ4v) is 0.738. The van der Waals surface area contributed by atoms with Crippen LogP contribution in [0.15, 0.2) is 5.10 Å². The Morgan fingerprint density at radius 3 is 2.67 bits per heavy atom. The van der Waals surface area contributed by atoms with Gasteiger partial charge in [0.05, 0.1) is 0 Å². The highest BCUT2D eigenvalue weighted by Gasteiger charge is 2.25. The summed E-state index contributed by atoms with van der Waals surface area (Å²) in [5, 5.41) is 7.07. The van der Waals surface area contributed by atoms with Gasteiger partial charge >= 0.3 is 6.03 Å². The highest BCUT2D eigenvalue weighted by atomic mass is 16.2. The van der Waals surface area contributed by atoms with E-state index in [0.29, 0.717) is 0 Å². The second kappa shape index (κ2) is 3.34. The zero-order chi connectivity index (χ0) is 9.14. The Balaban J connectivity index is 2.54. The Kier molecular flexibility index (Phi) is 2.42. The fraction of sp³-hybridized carbons (Fsp3) is 0.571. The first kappa shape index (κ1) is 8.70. The number of nitrogens with zero attached hydrogens (tertiary/aromatic N) is 2. The highest BCUT2D eigenvalue weighted by molar-refractivity contribution is 6.01. The van der Waals surface area contributed by atoms with Gasteiger partial charge in [-0.25, -0.2) is 9.80 Å². The first-order chi connectivity index (χ1) is 5.59. The van der Waals surface area contributed by atoms with Gasteiger partial charge in [-0.1, -0.05) is 13.8 Å². The van der Waals surface area contributed by atoms with Crippen molar-refractivity contribution in [2.24, 2.45) is 11.0 Å². The minimum Gasteiger partial charge on any atom is -0.275 e. The van der Waals surface area contributed by atoms with Gasteiger partial charge in [-0.2, -0.15) is 5.10 Å². The molecule has 0 aromatic rings. The van der Waals surface area contributed by atoms with Crippen LogP contribution < -0.4 is 5.32 Å². The molecule has 3 amide bonds. The lowest BCUT2D eigenvalue weighted by molar-refractivity contribution is -0.118. The molecule has 0 aromatic heterocycles. The zero-order valence-corrected chi connectivity index (χ0v) is 7.07. The van der Waals surface area contributed by atoms with E-state index in [1.807, 2.05) is 13.8 Å². The van der Waals surface area contributed by atoms with E-state index in [4.69, 9.17) is 0 Å². The number of hydrogen-bond acceptors (Lipinski definition) is 3. The Morgan fingerprint density at radius 1 is 1.58 bits per heavy atom. The lowest BCUT2D eigenvalue weighted by atomic mass is 10.3. The van der Waals surface area contributed by atoms with E-state index in [0.717, 1.165) is 5.01 Å². The normalized spacial score (nSPS) is 18.1. The lowest BCUT2D eigenvalue weighted by Gasteiger charge is -2.04. The van der Waals surface area contributed by atoms with Gasteiger partial charge in [0.1, 0.15) is 6.54 Å². The third-order valence-corrected chi connectivity index (χ3v) is 1.28. The summed E-state index contributed by atoms with van der Waals surface area (Å²) in [6, 6.07) is -0.447. The predicted octanol–water partition coefficient (Wildman–Crippen LogP) is 0.180. The zero-order valence-electron chi connectivity index (χ0n) is 7.07. The van der Waals surface area contributed by atoms with Crippen LogP contribution in [0.5, 0.6) is 0 Å². The maximum atomic E-state index is 10.9. The molecule has 1 fully saturated rings. The summed E-state index contributed by atoms with van der Waals surface area (Å²) < 4.78 is 0. The Bertz CT molecular complexity index is 235. The van der Waals surface area contributed by atoms with Crippen LogP contribution >= 0.6 is 0 Å². The van der Waals surface area contributed by atoms with Gasteiger partial charge in [-0.3, -0.25) is 10.1 Å². The van der Waals surface area contributed by atoms with Gasteiger partial charge in [-0.15, -0.1) is 0 Å². The summed E-state index contributed by atoms with van der Waals surface area (Å²) in [4.78, 5) is 21.5. The molecule has 0 unspecified atom stereocenters. The molecule has 0 aliphatic carbocycles. The van der Waals surface area contributed by atoms with Crippen molar-refractivity contribution in [1.29, 1.82) is 0 Å². The SMILES string of the molecule is CC(C)/C=N/N1CC(=O)NC1=O. The van der Waals surface area contributed by atoms with Crippen LogP contribution in [0.3, 0.4) is 0 Å². The number of rotatable bonds is 2. The third kappa shape index (κ3) is 2.05. The number of hydrazone groups is 1. The molecule has 1 aliphatic heterocycles. The van der Waals surface area contributed by atoms with Crippen molar-refractivity contribution in [3.63, 3.8) is 0 Å². The Labute approximate surface area is 70.4 Å². The van der Waals surface area contributed by atoms with Crippen LogP contribution in [-0.4, -0.2) is 29.7 Å². The molecule has 1 rings (SSSR count). The van der Waals surface area contributed by atoms with E-state index in [1.54, 1.807) is 6.21 Å². The first-order valence-corrected chi connectivity index (χ1v) is 3.75. The first-order valence-electron chi connectivity index (χ1n) is 3.75. The summed E-state index contributed by atoms with van der Waals surface area (Å²) in [6.07, 6.45) is 1.62. The minimum atomic E-state index is -0.447. The number of carbonyl (C=O) groups is 2. The summed E-state index contributed by atoms with van der Waals surface area (Å²) >= 11 is 0. The quantitative estimate of drug-likeness (QED) is 0.473. The van der Waals surface area contributed by atoms with Crippen molar-refractivity contribution < 1.29 is 9.59 Å². The van der Waals surface area contributed by atoms with Crippen molar-refractivity contribution in [2.75, 3.05) is 6.54 Å². The molecule has 0 bridgehead atoms. The summed E-state index contributed by atoms with van der Waals surface area (Å²) in [7, 11) is 0. The van der Waals surface area contributed by atoms with Crippen LogP contribution in [-0.2, 0) is 4.79 Å². The molecule has 5 heteroatoms. The van der Waals surface area contributed by atoms with Crippen LogP contribution in [0.4, 0.5) is 4.79 Å². The molecular weight excluding hydrogens is 158 g/mol. The van der Waals surface area contributed by atoms with Gasteiger partial charge in [0.2, 0.25) is 5.91 Å². The minimum absolute atomic E-state index is 0.0298. The second-order valence-electron chi connectivity index (χ2n) is 2.92. The maximum Gasteiger partial charge on any atom is 0.344 e. The van der Waals surface area contributed by atoms with Crippen molar-refractivity contribution in [3.8, 4) is 0 Å². The van der Waals surface area contributed by atoms with Crippen LogP contribution in [0.1, 0.15) is 13.8 Å². The van der Waals surface area contributed by atoms with Gasteiger partial charge < -0.3 is 0 Å². The highest BCUT2D eigenvalue weighted by Crippen LogP contribution is 1.98. The number of nitrogens with one attached hydrogen (secondary N) is 1. The Morgan fingerprint density at radius 2 is 2.25 bits per heavy atom. The average molecular weight is 169 g/mol. The van der Waals surface area contributed by atoms with Gasteiger partial charge in [-0.05, 0) is 5.92 Å². The molecule has 0 spiro atoms. The van der Waals surface area contributed by atoms with E-state index < -0.39 is 6.03 Å². The number of carbonyl (C=O) groups excluding carboxylic acids is 2. The second-order valence-corrected chi connectivity index (χ2v) is 2.92. The lowest BCUT2D eigenvalue weighted by Crippen LogP contribution is -2.24. The van der Waals surface area contributed by atoms with Crippen molar-refractivity contribution >= 4 is 18.2 Å². The summed E-state index contributed by atoms with van der Waals surface area (Å²) in [6.45, 7) is 3.92. The van der Waals surface area contributed by atoms with Crippen LogP contribution in [0.2, 0.25) is 0 Å².